The summed E-state index contributed by atoms with van der Waals surface area (Å²) in [5, 5.41) is 20.7. The van der Waals surface area contributed by atoms with E-state index in [4.69, 9.17) is 10.8 Å². The molecule has 0 aromatic heterocycles. The molecule has 0 aliphatic carbocycles. The summed E-state index contributed by atoms with van der Waals surface area (Å²) in [4.78, 5) is 11.4. The molecule has 0 bridgehead atoms. The Morgan fingerprint density at radius 3 is 2.47 bits per heavy atom. The van der Waals surface area contributed by atoms with Crippen molar-refractivity contribution in [3.05, 3.63) is 0 Å². The quantitative estimate of drug-likeness (QED) is 0.470. The van der Waals surface area contributed by atoms with Gasteiger partial charge in [0.05, 0.1) is 12.6 Å². The van der Waals surface area contributed by atoms with Gasteiger partial charge in [-0.25, -0.2) is 0 Å². The Bertz CT molecular complexity index is 205. The lowest BCUT2D eigenvalue weighted by Gasteiger charge is -2.22. The number of hydrogen-bond donors (Lipinski definition) is 4. The van der Waals surface area contributed by atoms with Crippen LogP contribution in [0.2, 0.25) is 0 Å². The molecule has 2 unspecified atom stereocenters. The first-order valence-corrected chi connectivity index (χ1v) is 5.15. The molecule has 90 valence electrons. The lowest BCUT2D eigenvalue weighted by atomic mass is 10.0. The summed E-state index contributed by atoms with van der Waals surface area (Å²) in [6, 6.07) is -0.556. The molecule has 1 amide bonds. The van der Waals surface area contributed by atoms with Gasteiger partial charge in [0.2, 0.25) is 5.91 Å². The fourth-order valence-corrected chi connectivity index (χ4v) is 1.08. The average Bonchev–Trinajstić information content (AvgIpc) is 2.13. The molecule has 0 aliphatic rings. The highest BCUT2D eigenvalue weighted by Crippen LogP contribution is 2.03. The Kier molecular flexibility index (Phi) is 5.79. The molecule has 0 spiro atoms. The van der Waals surface area contributed by atoms with E-state index in [1.54, 1.807) is 0 Å². The Labute approximate surface area is 90.7 Å². The van der Waals surface area contributed by atoms with E-state index in [-0.39, 0.29) is 12.5 Å². The zero-order valence-corrected chi connectivity index (χ0v) is 9.66. The number of aliphatic hydroxyl groups excluding tert-OH is 1. The van der Waals surface area contributed by atoms with Crippen LogP contribution < -0.4 is 11.1 Å². The molecule has 0 aromatic carbocycles. The van der Waals surface area contributed by atoms with Gasteiger partial charge < -0.3 is 21.3 Å². The minimum Gasteiger partial charge on any atom is -0.393 e. The monoisotopic (exact) mass is 218 g/mol. The summed E-state index contributed by atoms with van der Waals surface area (Å²) >= 11 is 0. The van der Waals surface area contributed by atoms with E-state index >= 15 is 0 Å². The second-order valence-corrected chi connectivity index (χ2v) is 4.61. The van der Waals surface area contributed by atoms with Gasteiger partial charge in [-0.3, -0.25) is 4.79 Å². The van der Waals surface area contributed by atoms with E-state index in [2.05, 4.69) is 5.32 Å². The summed E-state index contributed by atoms with van der Waals surface area (Å²) in [5.41, 5.74) is 4.35. The van der Waals surface area contributed by atoms with Crippen LogP contribution in [0.1, 0.15) is 27.2 Å². The van der Waals surface area contributed by atoms with Gasteiger partial charge in [-0.2, -0.15) is 0 Å². The number of nitrogens with one attached hydrogen (secondary N) is 1. The van der Waals surface area contributed by atoms with Crippen LogP contribution in [0, 0.1) is 5.92 Å². The van der Waals surface area contributed by atoms with Gasteiger partial charge >= 0.3 is 0 Å². The third-order valence-corrected chi connectivity index (χ3v) is 2.05. The maximum absolute atomic E-state index is 11.4. The molecule has 5 heteroatoms. The summed E-state index contributed by atoms with van der Waals surface area (Å²) in [5.74, 6) is 0.0570. The summed E-state index contributed by atoms with van der Waals surface area (Å²) in [6.45, 7) is 5.02. The molecule has 0 rings (SSSR count). The van der Waals surface area contributed by atoms with Crippen LogP contribution in [-0.4, -0.2) is 40.9 Å². The fourth-order valence-electron chi connectivity index (χ4n) is 1.08. The van der Waals surface area contributed by atoms with E-state index in [1.807, 2.05) is 13.8 Å². The number of amides is 1. The molecule has 15 heavy (non-hydrogen) atoms. The van der Waals surface area contributed by atoms with Crippen LogP contribution in [0.5, 0.6) is 0 Å². The van der Waals surface area contributed by atoms with Crippen LogP contribution in [0.25, 0.3) is 0 Å². The first kappa shape index (κ1) is 14.3. The van der Waals surface area contributed by atoms with Crippen LogP contribution in [-0.2, 0) is 4.79 Å². The Morgan fingerprint density at radius 1 is 1.53 bits per heavy atom. The van der Waals surface area contributed by atoms with Crippen molar-refractivity contribution < 1.29 is 15.0 Å². The van der Waals surface area contributed by atoms with Crippen LogP contribution in [0.15, 0.2) is 0 Å². The van der Waals surface area contributed by atoms with E-state index in [0.717, 1.165) is 0 Å². The van der Waals surface area contributed by atoms with Crippen LogP contribution in [0.3, 0.4) is 0 Å². The highest BCUT2D eigenvalue weighted by atomic mass is 16.3. The highest BCUT2D eigenvalue weighted by molar-refractivity contribution is 5.81. The van der Waals surface area contributed by atoms with Crippen molar-refractivity contribution in [1.82, 2.24) is 5.32 Å². The summed E-state index contributed by atoms with van der Waals surface area (Å²) in [6.07, 6.45) is 0.604. The number of hydrogen-bond acceptors (Lipinski definition) is 4. The highest BCUT2D eigenvalue weighted by Gasteiger charge is 2.22. The number of nitrogens with two attached hydrogens (primary N) is 1. The Balaban J connectivity index is 3.93. The van der Waals surface area contributed by atoms with Crippen molar-refractivity contribution in [2.45, 2.75) is 38.8 Å². The maximum atomic E-state index is 11.4. The molecule has 0 saturated heterocycles. The predicted octanol–water partition coefficient (Wildman–Crippen LogP) is -0.781. The second-order valence-electron chi connectivity index (χ2n) is 4.61. The van der Waals surface area contributed by atoms with Gasteiger partial charge in [0.1, 0.15) is 5.60 Å². The van der Waals surface area contributed by atoms with Crippen LogP contribution in [0.4, 0.5) is 0 Å². The van der Waals surface area contributed by atoms with Crippen molar-refractivity contribution >= 4 is 5.91 Å². The lowest BCUT2D eigenvalue weighted by molar-refractivity contribution is -0.124. The number of carbonyl (C=O) groups excluding carboxylic acids is 1. The molecule has 0 aromatic rings. The van der Waals surface area contributed by atoms with Gasteiger partial charge in [-0.1, -0.05) is 13.8 Å². The van der Waals surface area contributed by atoms with Crippen LogP contribution >= 0.6 is 0 Å². The van der Waals surface area contributed by atoms with Gasteiger partial charge in [0.15, 0.2) is 0 Å². The lowest BCUT2D eigenvalue weighted by Crippen LogP contribution is -2.48. The summed E-state index contributed by atoms with van der Waals surface area (Å²) in [7, 11) is 0. The minimum atomic E-state index is -1.28. The fraction of sp³-hybridized carbons (Fsp3) is 0.900. The number of rotatable bonds is 6. The van der Waals surface area contributed by atoms with Crippen molar-refractivity contribution in [3.63, 3.8) is 0 Å². The molecular formula is C10H22N2O3. The largest absolute Gasteiger partial charge is 0.393 e. The SMILES string of the molecule is CC(C)CC(N)C(=O)NCC(C)(O)CO. The Morgan fingerprint density at radius 2 is 2.07 bits per heavy atom. The molecule has 2 atom stereocenters. The molecule has 5 N–H and O–H groups in total. The topological polar surface area (TPSA) is 95.6 Å². The number of aliphatic hydroxyl groups is 2. The first-order valence-electron chi connectivity index (χ1n) is 5.15. The molecular weight excluding hydrogens is 196 g/mol. The van der Waals surface area contributed by atoms with Crippen molar-refractivity contribution in [2.75, 3.05) is 13.2 Å². The first-order chi connectivity index (χ1) is 6.78. The zero-order chi connectivity index (χ0) is 12.1. The van der Waals surface area contributed by atoms with Gasteiger partial charge in [0.25, 0.3) is 0 Å². The summed E-state index contributed by atoms with van der Waals surface area (Å²) < 4.78 is 0. The number of carbonyl (C=O) groups is 1. The molecule has 0 fully saturated rings. The van der Waals surface area contributed by atoms with E-state index < -0.39 is 18.2 Å². The maximum Gasteiger partial charge on any atom is 0.237 e. The zero-order valence-electron chi connectivity index (χ0n) is 9.66. The van der Waals surface area contributed by atoms with Crippen molar-refractivity contribution in [1.29, 1.82) is 0 Å². The second kappa shape index (κ2) is 6.05. The molecule has 0 aliphatic heterocycles. The molecule has 0 heterocycles. The van der Waals surface area contributed by atoms with E-state index in [1.165, 1.54) is 6.92 Å². The molecule has 0 saturated carbocycles. The third kappa shape index (κ3) is 6.43. The van der Waals surface area contributed by atoms with Gasteiger partial charge in [-0.05, 0) is 19.3 Å². The van der Waals surface area contributed by atoms with E-state index in [9.17, 15) is 9.90 Å². The standard InChI is InChI=1S/C10H22N2O3/c1-7(2)4-8(11)9(14)12-5-10(3,15)6-13/h7-8,13,15H,4-6,11H2,1-3H3,(H,12,14). The average molecular weight is 218 g/mol. The van der Waals surface area contributed by atoms with Gasteiger partial charge in [0, 0.05) is 6.54 Å². The predicted molar refractivity (Wildman–Crippen MR) is 58.1 cm³/mol. The normalized spacial score (nSPS) is 17.3. The molecule has 0 radical (unpaired) electrons. The smallest absolute Gasteiger partial charge is 0.237 e. The Hall–Kier alpha value is -0.650. The minimum absolute atomic E-state index is 0.00806. The van der Waals surface area contributed by atoms with Gasteiger partial charge in [-0.15, -0.1) is 0 Å². The third-order valence-electron chi connectivity index (χ3n) is 2.05. The molecule has 5 nitrogen and oxygen atoms in total. The van der Waals surface area contributed by atoms with E-state index in [0.29, 0.717) is 12.3 Å². The van der Waals surface area contributed by atoms with Crippen molar-refractivity contribution in [3.8, 4) is 0 Å². The van der Waals surface area contributed by atoms with Crippen molar-refractivity contribution in [2.24, 2.45) is 11.7 Å².